The lowest BCUT2D eigenvalue weighted by Crippen LogP contribution is -2.53. The second-order valence-corrected chi connectivity index (χ2v) is 7.35. The van der Waals surface area contributed by atoms with E-state index in [0.717, 1.165) is 31.8 Å². The summed E-state index contributed by atoms with van der Waals surface area (Å²) in [6, 6.07) is 27.9. The molecule has 1 fully saturated rings. The molecule has 0 radical (unpaired) electrons. The highest BCUT2D eigenvalue weighted by Gasteiger charge is 2.25. The third-order valence-corrected chi connectivity index (χ3v) is 5.29. The zero-order valence-electron chi connectivity index (χ0n) is 16.5. The quantitative estimate of drug-likeness (QED) is 0.619. The number of nitrogens with one attached hydrogen (secondary N) is 1. The molecule has 0 aromatic heterocycles. The zero-order valence-corrected chi connectivity index (χ0v) is 16.5. The lowest BCUT2D eigenvalue weighted by Gasteiger charge is -2.36. The summed E-state index contributed by atoms with van der Waals surface area (Å²) in [5, 5.41) is 3.46. The minimum atomic E-state index is 0.0940. The van der Waals surface area contributed by atoms with E-state index in [-0.39, 0.29) is 5.78 Å². The van der Waals surface area contributed by atoms with Crippen LogP contribution in [0.4, 0.5) is 0 Å². The number of rotatable bonds is 7. The van der Waals surface area contributed by atoms with Crippen LogP contribution in [0.5, 0.6) is 11.5 Å². The zero-order chi connectivity index (χ0) is 19.9. The van der Waals surface area contributed by atoms with Gasteiger partial charge >= 0.3 is 0 Å². The number of piperazine rings is 1. The molecule has 1 heterocycles. The van der Waals surface area contributed by atoms with Gasteiger partial charge in [0.25, 0.3) is 0 Å². The Hall–Kier alpha value is -2.95. The molecule has 1 aliphatic rings. The highest BCUT2D eigenvalue weighted by molar-refractivity contribution is 6.00. The van der Waals surface area contributed by atoms with E-state index in [4.69, 9.17) is 4.74 Å². The van der Waals surface area contributed by atoms with Crippen molar-refractivity contribution in [1.29, 1.82) is 0 Å². The second kappa shape index (κ2) is 9.50. The van der Waals surface area contributed by atoms with Crippen LogP contribution in [0, 0.1) is 0 Å². The van der Waals surface area contributed by atoms with Crippen molar-refractivity contribution in [1.82, 2.24) is 10.2 Å². The van der Waals surface area contributed by atoms with Gasteiger partial charge in [0.05, 0.1) is 12.1 Å². The summed E-state index contributed by atoms with van der Waals surface area (Å²) in [4.78, 5) is 15.5. The maximum atomic E-state index is 13.2. The summed E-state index contributed by atoms with van der Waals surface area (Å²) >= 11 is 0. The standard InChI is InChI=1S/C25H26N2O2/c28-24(23-13-7-8-14-25(23)29-22-11-5-2-6-12-22)19-27-16-15-26-18-21(27)17-20-9-3-1-4-10-20/h1-14,21,26H,15-19H2/t21-/m1/s1. The Morgan fingerprint density at radius 1 is 0.931 bits per heavy atom. The number of carbonyl (C=O) groups excluding carboxylic acids is 1. The van der Waals surface area contributed by atoms with Crippen LogP contribution < -0.4 is 10.1 Å². The van der Waals surface area contributed by atoms with Crippen molar-refractivity contribution >= 4 is 5.78 Å². The van der Waals surface area contributed by atoms with Crippen molar-refractivity contribution in [3.63, 3.8) is 0 Å². The van der Waals surface area contributed by atoms with E-state index in [2.05, 4.69) is 34.5 Å². The fourth-order valence-corrected chi connectivity index (χ4v) is 3.77. The molecule has 0 bridgehead atoms. The van der Waals surface area contributed by atoms with Crippen molar-refractivity contribution in [2.75, 3.05) is 26.2 Å². The molecule has 3 aromatic rings. The first-order valence-corrected chi connectivity index (χ1v) is 10.1. The molecular weight excluding hydrogens is 360 g/mol. The number of ketones is 1. The van der Waals surface area contributed by atoms with Gasteiger partial charge in [0.15, 0.2) is 5.78 Å². The maximum Gasteiger partial charge on any atom is 0.180 e. The van der Waals surface area contributed by atoms with Crippen LogP contribution in [0.25, 0.3) is 0 Å². The molecule has 4 nitrogen and oxygen atoms in total. The van der Waals surface area contributed by atoms with Crippen molar-refractivity contribution < 1.29 is 9.53 Å². The summed E-state index contributed by atoms with van der Waals surface area (Å²) in [7, 11) is 0. The number of benzene rings is 3. The van der Waals surface area contributed by atoms with Gasteiger partial charge in [0.2, 0.25) is 0 Å². The Labute approximate surface area is 172 Å². The monoisotopic (exact) mass is 386 g/mol. The number of ether oxygens (including phenoxy) is 1. The Balaban J connectivity index is 1.48. The topological polar surface area (TPSA) is 41.6 Å². The molecule has 3 aromatic carbocycles. The molecule has 1 N–H and O–H groups in total. The fourth-order valence-electron chi connectivity index (χ4n) is 3.77. The molecular formula is C25H26N2O2. The number of Topliss-reactive ketones (excluding diaryl/α,β-unsaturated/α-hetero) is 1. The number of hydrogen-bond donors (Lipinski definition) is 1. The Morgan fingerprint density at radius 3 is 2.41 bits per heavy atom. The van der Waals surface area contributed by atoms with Gasteiger partial charge in [-0.25, -0.2) is 0 Å². The average Bonchev–Trinajstić information content (AvgIpc) is 2.77. The molecule has 1 atom stereocenters. The van der Waals surface area contributed by atoms with Crippen molar-refractivity contribution in [2.45, 2.75) is 12.5 Å². The van der Waals surface area contributed by atoms with Gasteiger partial charge in [-0.3, -0.25) is 9.69 Å². The van der Waals surface area contributed by atoms with Crippen molar-refractivity contribution in [3.8, 4) is 11.5 Å². The number of hydrogen-bond acceptors (Lipinski definition) is 4. The smallest absolute Gasteiger partial charge is 0.180 e. The predicted octanol–water partition coefficient (Wildman–Crippen LogP) is 4.18. The van der Waals surface area contributed by atoms with Crippen LogP contribution >= 0.6 is 0 Å². The molecule has 148 valence electrons. The van der Waals surface area contributed by atoms with Crippen LogP contribution in [0.1, 0.15) is 15.9 Å². The van der Waals surface area contributed by atoms with Crippen LogP contribution in [0.3, 0.4) is 0 Å². The van der Waals surface area contributed by atoms with E-state index >= 15 is 0 Å². The average molecular weight is 386 g/mol. The van der Waals surface area contributed by atoms with Crippen LogP contribution in [-0.4, -0.2) is 42.9 Å². The van der Waals surface area contributed by atoms with Gasteiger partial charge < -0.3 is 10.1 Å². The first-order valence-electron chi connectivity index (χ1n) is 10.1. The van der Waals surface area contributed by atoms with E-state index in [0.29, 0.717) is 23.9 Å². The van der Waals surface area contributed by atoms with Crippen molar-refractivity contribution in [3.05, 3.63) is 96.1 Å². The third kappa shape index (κ3) is 5.11. The molecule has 0 amide bonds. The molecule has 1 saturated heterocycles. The molecule has 29 heavy (non-hydrogen) atoms. The van der Waals surface area contributed by atoms with E-state index < -0.39 is 0 Å². The summed E-state index contributed by atoms with van der Waals surface area (Å²) in [6.07, 6.45) is 0.934. The normalized spacial score (nSPS) is 17.0. The highest BCUT2D eigenvalue weighted by atomic mass is 16.5. The molecule has 0 saturated carbocycles. The summed E-state index contributed by atoms with van der Waals surface area (Å²) in [5.41, 5.74) is 1.93. The van der Waals surface area contributed by atoms with Crippen LogP contribution in [0.2, 0.25) is 0 Å². The Morgan fingerprint density at radius 2 is 1.62 bits per heavy atom. The molecule has 4 rings (SSSR count). The van der Waals surface area contributed by atoms with Crippen LogP contribution in [-0.2, 0) is 6.42 Å². The van der Waals surface area contributed by atoms with Gasteiger partial charge in [-0.2, -0.15) is 0 Å². The highest BCUT2D eigenvalue weighted by Crippen LogP contribution is 2.26. The minimum absolute atomic E-state index is 0.0940. The number of carbonyl (C=O) groups is 1. The van der Waals surface area contributed by atoms with E-state index in [1.54, 1.807) is 0 Å². The Kier molecular flexibility index (Phi) is 6.35. The van der Waals surface area contributed by atoms with Gasteiger partial charge in [-0.15, -0.1) is 0 Å². The van der Waals surface area contributed by atoms with Crippen LogP contribution in [0.15, 0.2) is 84.9 Å². The summed E-state index contributed by atoms with van der Waals surface area (Å²) < 4.78 is 5.99. The third-order valence-electron chi connectivity index (χ3n) is 5.29. The molecule has 0 unspecified atom stereocenters. The minimum Gasteiger partial charge on any atom is -0.457 e. The Bertz CT molecular complexity index is 928. The fraction of sp³-hybridized carbons (Fsp3) is 0.240. The van der Waals surface area contributed by atoms with Gasteiger partial charge in [0.1, 0.15) is 11.5 Å². The lowest BCUT2D eigenvalue weighted by molar-refractivity contribution is 0.0859. The SMILES string of the molecule is O=C(CN1CCNC[C@H]1Cc1ccccc1)c1ccccc1Oc1ccccc1. The van der Waals surface area contributed by atoms with E-state index in [1.807, 2.05) is 60.7 Å². The predicted molar refractivity (Wildman–Crippen MR) is 116 cm³/mol. The largest absolute Gasteiger partial charge is 0.457 e. The van der Waals surface area contributed by atoms with Crippen molar-refractivity contribution in [2.24, 2.45) is 0 Å². The first-order chi connectivity index (χ1) is 14.3. The number of para-hydroxylation sites is 2. The second-order valence-electron chi connectivity index (χ2n) is 7.35. The maximum absolute atomic E-state index is 13.2. The van der Waals surface area contributed by atoms with E-state index in [9.17, 15) is 4.79 Å². The number of nitrogens with zero attached hydrogens (tertiary/aromatic N) is 1. The van der Waals surface area contributed by atoms with E-state index in [1.165, 1.54) is 5.56 Å². The molecule has 0 aliphatic carbocycles. The lowest BCUT2D eigenvalue weighted by atomic mass is 10.0. The first kappa shape index (κ1) is 19.4. The van der Waals surface area contributed by atoms with Gasteiger partial charge in [0, 0.05) is 25.7 Å². The molecule has 4 heteroatoms. The van der Waals surface area contributed by atoms with Gasteiger partial charge in [-0.1, -0.05) is 60.7 Å². The summed E-state index contributed by atoms with van der Waals surface area (Å²) in [6.45, 7) is 3.06. The molecule has 1 aliphatic heterocycles. The summed E-state index contributed by atoms with van der Waals surface area (Å²) in [5.74, 6) is 1.44. The molecule has 0 spiro atoms. The van der Waals surface area contributed by atoms with Gasteiger partial charge in [-0.05, 0) is 36.2 Å².